The van der Waals surface area contributed by atoms with Crippen molar-refractivity contribution < 1.29 is 38.2 Å². The van der Waals surface area contributed by atoms with Crippen molar-refractivity contribution in [1.82, 2.24) is 10.4 Å². The van der Waals surface area contributed by atoms with Crippen LogP contribution in [0.2, 0.25) is 0 Å². The fourth-order valence-electron chi connectivity index (χ4n) is 2.37. The molecular weight excluding hydrogens is 372 g/mol. The Hall–Kier alpha value is -2.36. The molecule has 0 spiro atoms. The van der Waals surface area contributed by atoms with E-state index in [0.717, 1.165) is 5.06 Å². The Morgan fingerprint density at radius 1 is 1.11 bits per heavy atom. The number of hydrogen-bond donors (Lipinski definition) is 1. The number of carbonyl (C=O) groups excluding carboxylic acids is 4. The van der Waals surface area contributed by atoms with E-state index in [9.17, 15) is 19.2 Å². The summed E-state index contributed by atoms with van der Waals surface area (Å²) in [6.07, 6.45) is 0.420. The molecule has 160 valence electrons. The van der Waals surface area contributed by atoms with Crippen LogP contribution in [0, 0.1) is 0 Å². The Morgan fingerprint density at radius 3 is 2.21 bits per heavy atom. The highest BCUT2D eigenvalue weighted by Gasteiger charge is 2.47. The zero-order chi connectivity index (χ0) is 21.5. The van der Waals surface area contributed by atoms with E-state index in [2.05, 4.69) is 5.32 Å². The molecule has 1 aliphatic rings. The van der Waals surface area contributed by atoms with Gasteiger partial charge in [-0.3, -0.25) is 9.63 Å². The molecule has 1 N–H and O–H groups in total. The van der Waals surface area contributed by atoms with Crippen LogP contribution in [-0.4, -0.2) is 66.0 Å². The van der Waals surface area contributed by atoms with Crippen molar-refractivity contribution in [1.29, 1.82) is 0 Å². The molecular formula is C18H30N2O8. The van der Waals surface area contributed by atoms with Crippen molar-refractivity contribution in [3.8, 4) is 0 Å². The molecule has 2 amide bonds. The van der Waals surface area contributed by atoms with E-state index in [-0.39, 0.29) is 6.10 Å². The SMILES string of the molecule is CCC(CC)OC(=O)COC(=O)CON1C(=O)[C@@H](NC(=O)OC(C)(C)C)[C@@H]1C. The average Bonchev–Trinajstić information content (AvgIpc) is 2.61. The number of hydrogen-bond acceptors (Lipinski definition) is 8. The van der Waals surface area contributed by atoms with Gasteiger partial charge in [-0.15, -0.1) is 0 Å². The lowest BCUT2D eigenvalue weighted by molar-refractivity contribution is -0.234. The highest BCUT2D eigenvalue weighted by molar-refractivity contribution is 5.91. The largest absolute Gasteiger partial charge is 0.460 e. The fraction of sp³-hybridized carbons (Fsp3) is 0.778. The van der Waals surface area contributed by atoms with Gasteiger partial charge in [-0.1, -0.05) is 13.8 Å². The van der Waals surface area contributed by atoms with E-state index in [1.165, 1.54) is 0 Å². The van der Waals surface area contributed by atoms with E-state index >= 15 is 0 Å². The molecule has 10 nitrogen and oxygen atoms in total. The Labute approximate surface area is 164 Å². The van der Waals surface area contributed by atoms with Gasteiger partial charge in [0.2, 0.25) is 0 Å². The first-order chi connectivity index (χ1) is 13.0. The minimum Gasteiger partial charge on any atom is -0.460 e. The molecule has 1 heterocycles. The lowest BCUT2D eigenvalue weighted by Gasteiger charge is -2.43. The van der Waals surface area contributed by atoms with Gasteiger partial charge >= 0.3 is 18.0 Å². The minimum atomic E-state index is -0.815. The average molecular weight is 402 g/mol. The third-order valence-electron chi connectivity index (χ3n) is 3.89. The maximum Gasteiger partial charge on any atom is 0.408 e. The first kappa shape index (κ1) is 23.7. The molecule has 28 heavy (non-hydrogen) atoms. The molecule has 0 bridgehead atoms. The maximum atomic E-state index is 12.0. The molecule has 0 aromatic rings. The van der Waals surface area contributed by atoms with Crippen LogP contribution < -0.4 is 5.32 Å². The molecule has 1 aliphatic heterocycles. The zero-order valence-electron chi connectivity index (χ0n) is 17.3. The number of nitrogens with zero attached hydrogens (tertiary/aromatic N) is 1. The van der Waals surface area contributed by atoms with Crippen molar-refractivity contribution in [2.45, 2.75) is 78.2 Å². The van der Waals surface area contributed by atoms with Gasteiger partial charge < -0.3 is 19.5 Å². The fourth-order valence-corrected chi connectivity index (χ4v) is 2.37. The normalized spacial score (nSPS) is 19.1. The minimum absolute atomic E-state index is 0.212. The number of carbonyl (C=O) groups is 4. The summed E-state index contributed by atoms with van der Waals surface area (Å²) < 4.78 is 15.0. The molecule has 0 aliphatic carbocycles. The van der Waals surface area contributed by atoms with Crippen LogP contribution in [0.5, 0.6) is 0 Å². The Kier molecular flexibility index (Phi) is 8.67. The van der Waals surface area contributed by atoms with E-state index in [1.54, 1.807) is 27.7 Å². The van der Waals surface area contributed by atoms with Crippen LogP contribution in [0.1, 0.15) is 54.4 Å². The monoisotopic (exact) mass is 402 g/mol. The van der Waals surface area contributed by atoms with Gasteiger partial charge in [0.1, 0.15) is 17.7 Å². The zero-order valence-corrected chi connectivity index (χ0v) is 17.3. The van der Waals surface area contributed by atoms with Crippen LogP contribution >= 0.6 is 0 Å². The third-order valence-corrected chi connectivity index (χ3v) is 3.89. The number of ether oxygens (including phenoxy) is 3. The summed E-state index contributed by atoms with van der Waals surface area (Å²) in [6.45, 7) is 9.47. The van der Waals surface area contributed by atoms with E-state index in [1.807, 2.05) is 13.8 Å². The molecule has 0 saturated carbocycles. The standard InChI is InChI=1S/C18H30N2O8/c1-7-12(8-2)27-14(22)9-25-13(21)10-26-20-11(3)15(16(20)23)19-17(24)28-18(4,5)6/h11-12,15H,7-10H2,1-6H3,(H,19,24)/t11-,15-/m0/s1. The molecule has 1 fully saturated rings. The van der Waals surface area contributed by atoms with Gasteiger partial charge in [-0.2, -0.15) is 0 Å². The first-order valence-electron chi connectivity index (χ1n) is 9.29. The van der Waals surface area contributed by atoms with Crippen LogP contribution in [0.15, 0.2) is 0 Å². The molecule has 1 saturated heterocycles. The number of nitrogens with one attached hydrogen (secondary N) is 1. The molecule has 0 radical (unpaired) electrons. The predicted molar refractivity (Wildman–Crippen MR) is 96.8 cm³/mol. The quantitative estimate of drug-likeness (QED) is 0.348. The topological polar surface area (TPSA) is 120 Å². The van der Waals surface area contributed by atoms with Gasteiger partial charge in [0.05, 0.1) is 6.04 Å². The van der Waals surface area contributed by atoms with Gasteiger partial charge in [-0.05, 0) is 40.5 Å². The van der Waals surface area contributed by atoms with Gasteiger partial charge in [-0.25, -0.2) is 19.4 Å². The molecule has 1 rings (SSSR count). The lowest BCUT2D eigenvalue weighted by Crippen LogP contribution is -2.69. The summed E-state index contributed by atoms with van der Waals surface area (Å²) in [6, 6.07) is -1.30. The summed E-state index contributed by atoms with van der Waals surface area (Å²) in [5, 5.41) is 3.41. The number of β-lactam (4-membered cyclic amide) rings is 1. The summed E-state index contributed by atoms with van der Waals surface area (Å²) in [4.78, 5) is 52.1. The van der Waals surface area contributed by atoms with Crippen LogP contribution in [0.3, 0.4) is 0 Å². The van der Waals surface area contributed by atoms with Crippen molar-refractivity contribution in [3.63, 3.8) is 0 Å². The Bertz CT molecular complexity index is 583. The number of rotatable bonds is 9. The van der Waals surface area contributed by atoms with Crippen molar-refractivity contribution in [2.24, 2.45) is 0 Å². The highest BCUT2D eigenvalue weighted by Crippen LogP contribution is 2.20. The maximum absolute atomic E-state index is 12.0. The number of amides is 2. The molecule has 0 unspecified atom stereocenters. The molecule has 0 aromatic heterocycles. The van der Waals surface area contributed by atoms with Crippen LogP contribution in [0.4, 0.5) is 4.79 Å². The second-order valence-electron chi connectivity index (χ2n) is 7.39. The predicted octanol–water partition coefficient (Wildman–Crippen LogP) is 1.32. The summed E-state index contributed by atoms with van der Waals surface area (Å²) in [5.74, 6) is -1.97. The summed E-state index contributed by atoms with van der Waals surface area (Å²) >= 11 is 0. The smallest absolute Gasteiger partial charge is 0.408 e. The van der Waals surface area contributed by atoms with E-state index < -0.39 is 54.8 Å². The molecule has 10 heteroatoms. The lowest BCUT2D eigenvalue weighted by atomic mass is 10.0. The van der Waals surface area contributed by atoms with Crippen LogP contribution in [-0.2, 0) is 33.4 Å². The Morgan fingerprint density at radius 2 is 1.71 bits per heavy atom. The van der Waals surface area contributed by atoms with Crippen LogP contribution in [0.25, 0.3) is 0 Å². The second-order valence-corrected chi connectivity index (χ2v) is 7.39. The highest BCUT2D eigenvalue weighted by atomic mass is 16.7. The second kappa shape index (κ2) is 10.3. The summed E-state index contributed by atoms with van der Waals surface area (Å²) in [5.41, 5.74) is -0.685. The molecule has 0 aromatic carbocycles. The van der Waals surface area contributed by atoms with Crippen molar-refractivity contribution in [2.75, 3.05) is 13.2 Å². The van der Waals surface area contributed by atoms with Gasteiger partial charge in [0.25, 0.3) is 5.91 Å². The first-order valence-corrected chi connectivity index (χ1v) is 9.29. The van der Waals surface area contributed by atoms with E-state index in [0.29, 0.717) is 12.8 Å². The number of hydroxylamine groups is 2. The summed E-state index contributed by atoms with van der Waals surface area (Å²) in [7, 11) is 0. The number of esters is 2. The van der Waals surface area contributed by atoms with Gasteiger partial charge in [0, 0.05) is 0 Å². The van der Waals surface area contributed by atoms with Crippen molar-refractivity contribution in [3.05, 3.63) is 0 Å². The van der Waals surface area contributed by atoms with Crippen molar-refractivity contribution >= 4 is 23.9 Å². The number of alkyl carbamates (subject to hydrolysis) is 1. The Balaban J connectivity index is 2.32. The third kappa shape index (κ3) is 7.34. The van der Waals surface area contributed by atoms with Gasteiger partial charge in [0.15, 0.2) is 13.2 Å². The van der Waals surface area contributed by atoms with E-state index in [4.69, 9.17) is 19.0 Å². The molecule has 2 atom stereocenters.